The van der Waals surface area contributed by atoms with E-state index in [0.29, 0.717) is 30.3 Å². The third-order valence-corrected chi connectivity index (χ3v) is 3.59. The lowest BCUT2D eigenvalue weighted by atomic mass is 10.2. The van der Waals surface area contributed by atoms with Crippen LogP contribution in [0.25, 0.3) is 17.1 Å². The summed E-state index contributed by atoms with van der Waals surface area (Å²) in [5, 5.41) is 18.1. The van der Waals surface area contributed by atoms with Crippen molar-refractivity contribution in [2.24, 2.45) is 0 Å². The van der Waals surface area contributed by atoms with E-state index in [1.165, 1.54) is 36.3 Å². The molecule has 0 saturated carbocycles. The van der Waals surface area contributed by atoms with Crippen molar-refractivity contribution >= 4 is 11.6 Å². The molecule has 2 heterocycles. The van der Waals surface area contributed by atoms with Gasteiger partial charge in [0.25, 0.3) is 11.6 Å². The highest BCUT2D eigenvalue weighted by Crippen LogP contribution is 2.24. The van der Waals surface area contributed by atoms with E-state index in [1.807, 2.05) is 0 Å². The van der Waals surface area contributed by atoms with Gasteiger partial charge in [-0.1, -0.05) is 6.07 Å². The molecule has 0 atom stereocenters. The van der Waals surface area contributed by atoms with Crippen LogP contribution in [-0.2, 0) is 4.74 Å². The first-order valence-electron chi connectivity index (χ1n) is 7.76. The first kappa shape index (κ1) is 17.4. The van der Waals surface area contributed by atoms with Crippen molar-refractivity contribution < 1.29 is 18.9 Å². The summed E-state index contributed by atoms with van der Waals surface area (Å²) in [6.45, 7) is 0.688. The maximum atomic E-state index is 12.5. The van der Waals surface area contributed by atoms with Gasteiger partial charge in [-0.25, -0.2) is 4.68 Å². The smallest absolute Gasteiger partial charge is 0.271 e. The van der Waals surface area contributed by atoms with Crippen LogP contribution in [0, 0.1) is 10.1 Å². The molecule has 3 rings (SSSR count). The number of furan rings is 1. The fourth-order valence-electron chi connectivity index (χ4n) is 2.38. The second-order valence-electron chi connectivity index (χ2n) is 5.33. The second-order valence-corrected chi connectivity index (χ2v) is 5.33. The molecule has 0 aliphatic carbocycles. The number of benzene rings is 1. The zero-order valence-corrected chi connectivity index (χ0v) is 13.9. The van der Waals surface area contributed by atoms with Gasteiger partial charge in [-0.3, -0.25) is 14.9 Å². The lowest BCUT2D eigenvalue weighted by Gasteiger charge is -2.08. The molecule has 9 nitrogen and oxygen atoms in total. The van der Waals surface area contributed by atoms with Gasteiger partial charge in [0.1, 0.15) is 11.4 Å². The number of carbonyl (C=O) groups is 1. The molecular formula is C17H16N4O5. The van der Waals surface area contributed by atoms with Crippen LogP contribution in [0.3, 0.4) is 0 Å². The Bertz CT molecular complexity index is 917. The van der Waals surface area contributed by atoms with Crippen molar-refractivity contribution in [1.29, 1.82) is 0 Å². The maximum Gasteiger partial charge on any atom is 0.271 e. The average Bonchev–Trinajstić information content (AvgIpc) is 3.31. The van der Waals surface area contributed by atoms with Crippen LogP contribution in [0.1, 0.15) is 10.5 Å². The van der Waals surface area contributed by atoms with Crippen LogP contribution in [0.5, 0.6) is 0 Å². The molecule has 1 amide bonds. The lowest BCUT2D eigenvalue weighted by molar-refractivity contribution is -0.384. The molecule has 0 saturated heterocycles. The van der Waals surface area contributed by atoms with Gasteiger partial charge >= 0.3 is 0 Å². The molecule has 0 radical (unpaired) electrons. The van der Waals surface area contributed by atoms with Gasteiger partial charge in [-0.2, -0.15) is 5.10 Å². The number of methoxy groups -OCH3 is 1. The number of non-ortho nitro benzene ring substituents is 1. The number of nitrogens with one attached hydrogen (secondary N) is 1. The van der Waals surface area contributed by atoms with Crippen LogP contribution in [0.2, 0.25) is 0 Å². The van der Waals surface area contributed by atoms with Gasteiger partial charge in [0.05, 0.1) is 23.5 Å². The van der Waals surface area contributed by atoms with Crippen molar-refractivity contribution in [2.45, 2.75) is 0 Å². The standard InChI is InChI=1S/C17H16N4O5/c1-25-9-7-18-17(22)15-11-14(16-6-3-8-26-16)19-20(15)12-4-2-5-13(10-12)21(23)24/h2-6,8,10-11H,7,9H2,1H3,(H,18,22). The minimum Gasteiger partial charge on any atom is -0.463 e. The molecule has 2 aromatic heterocycles. The summed E-state index contributed by atoms with van der Waals surface area (Å²) in [5.74, 6) is 0.110. The number of nitro groups is 1. The van der Waals surface area contributed by atoms with E-state index in [0.717, 1.165) is 0 Å². The predicted octanol–water partition coefficient (Wildman–Crippen LogP) is 2.42. The van der Waals surface area contributed by atoms with E-state index in [-0.39, 0.29) is 17.3 Å². The predicted molar refractivity (Wildman–Crippen MR) is 92.1 cm³/mol. The van der Waals surface area contributed by atoms with E-state index in [4.69, 9.17) is 9.15 Å². The van der Waals surface area contributed by atoms with Crippen LogP contribution >= 0.6 is 0 Å². The number of rotatable bonds is 7. The largest absolute Gasteiger partial charge is 0.463 e. The fraction of sp³-hybridized carbons (Fsp3) is 0.176. The second kappa shape index (κ2) is 7.62. The van der Waals surface area contributed by atoms with Crippen molar-refractivity contribution in [3.63, 3.8) is 0 Å². The van der Waals surface area contributed by atoms with Crippen LogP contribution in [0.15, 0.2) is 53.1 Å². The summed E-state index contributed by atoms with van der Waals surface area (Å²) in [6, 6.07) is 10.9. The number of carbonyl (C=O) groups excluding carboxylic acids is 1. The number of aromatic nitrogens is 2. The van der Waals surface area contributed by atoms with Gasteiger partial charge in [0, 0.05) is 31.9 Å². The van der Waals surface area contributed by atoms with Gasteiger partial charge in [0.15, 0.2) is 5.76 Å². The summed E-state index contributed by atoms with van der Waals surface area (Å²) in [5.41, 5.74) is 0.976. The Kier molecular flexibility index (Phi) is 5.09. The quantitative estimate of drug-likeness (QED) is 0.395. The molecule has 0 aliphatic rings. The van der Waals surface area contributed by atoms with E-state index in [1.54, 1.807) is 24.3 Å². The Hall–Kier alpha value is -3.46. The van der Waals surface area contributed by atoms with Crippen molar-refractivity contribution in [3.05, 3.63) is 64.5 Å². The molecule has 26 heavy (non-hydrogen) atoms. The number of amides is 1. The fourth-order valence-corrected chi connectivity index (χ4v) is 2.38. The summed E-state index contributed by atoms with van der Waals surface area (Å²) in [4.78, 5) is 23.1. The SMILES string of the molecule is COCCNC(=O)c1cc(-c2ccco2)nn1-c1cccc([N+](=O)[O-])c1. The molecule has 1 N–H and O–H groups in total. The molecule has 0 bridgehead atoms. The number of hydrogen-bond donors (Lipinski definition) is 1. The maximum absolute atomic E-state index is 12.5. The first-order chi connectivity index (χ1) is 12.6. The Labute approximate surface area is 148 Å². The van der Waals surface area contributed by atoms with E-state index >= 15 is 0 Å². The third-order valence-electron chi connectivity index (χ3n) is 3.59. The molecule has 0 unspecified atom stereocenters. The highest BCUT2D eigenvalue weighted by atomic mass is 16.6. The van der Waals surface area contributed by atoms with Crippen LogP contribution < -0.4 is 5.32 Å². The third kappa shape index (κ3) is 3.62. The average molecular weight is 356 g/mol. The van der Waals surface area contributed by atoms with Crippen LogP contribution in [0.4, 0.5) is 5.69 Å². The molecule has 1 aromatic carbocycles. The highest BCUT2D eigenvalue weighted by Gasteiger charge is 2.19. The normalized spacial score (nSPS) is 10.7. The Morgan fingerprint density at radius 1 is 1.35 bits per heavy atom. The minimum atomic E-state index is -0.501. The van der Waals surface area contributed by atoms with Gasteiger partial charge in [-0.15, -0.1) is 0 Å². The summed E-state index contributed by atoms with van der Waals surface area (Å²) < 4.78 is 11.6. The Morgan fingerprint density at radius 3 is 2.88 bits per heavy atom. The summed E-state index contributed by atoms with van der Waals surface area (Å²) in [6.07, 6.45) is 1.50. The van der Waals surface area contributed by atoms with E-state index < -0.39 is 4.92 Å². The summed E-state index contributed by atoms with van der Waals surface area (Å²) in [7, 11) is 1.54. The number of nitrogens with zero attached hydrogens (tertiary/aromatic N) is 3. The van der Waals surface area contributed by atoms with Gasteiger partial charge in [-0.05, 0) is 18.2 Å². The van der Waals surface area contributed by atoms with Crippen molar-refractivity contribution in [1.82, 2.24) is 15.1 Å². The number of hydrogen-bond acceptors (Lipinski definition) is 6. The monoisotopic (exact) mass is 356 g/mol. The topological polar surface area (TPSA) is 112 Å². The first-order valence-corrected chi connectivity index (χ1v) is 7.76. The van der Waals surface area contributed by atoms with Gasteiger partial charge in [0.2, 0.25) is 0 Å². The number of nitro benzene ring substituents is 1. The molecule has 3 aromatic rings. The zero-order chi connectivity index (χ0) is 18.5. The minimum absolute atomic E-state index is 0.0942. The lowest BCUT2D eigenvalue weighted by Crippen LogP contribution is -2.28. The Morgan fingerprint density at radius 2 is 2.19 bits per heavy atom. The van der Waals surface area contributed by atoms with Gasteiger partial charge < -0.3 is 14.5 Å². The van der Waals surface area contributed by atoms with E-state index in [2.05, 4.69) is 10.4 Å². The van der Waals surface area contributed by atoms with Crippen LogP contribution in [-0.4, -0.2) is 40.9 Å². The molecule has 0 spiro atoms. The highest BCUT2D eigenvalue weighted by molar-refractivity contribution is 5.94. The molecule has 134 valence electrons. The van der Waals surface area contributed by atoms with Crippen molar-refractivity contribution in [2.75, 3.05) is 20.3 Å². The van der Waals surface area contributed by atoms with Crippen molar-refractivity contribution in [3.8, 4) is 17.1 Å². The molecule has 9 heteroatoms. The summed E-state index contributed by atoms with van der Waals surface area (Å²) >= 11 is 0. The zero-order valence-electron chi connectivity index (χ0n) is 13.9. The van der Waals surface area contributed by atoms with E-state index in [9.17, 15) is 14.9 Å². The number of ether oxygens (including phenoxy) is 1. The molecule has 0 aliphatic heterocycles. The molecule has 0 fully saturated rings. The molecular weight excluding hydrogens is 340 g/mol. The Balaban J connectivity index is 2.03.